The Morgan fingerprint density at radius 1 is 0.919 bits per heavy atom. The maximum Gasteiger partial charge on any atom is 0.254 e. The number of para-hydroxylation sites is 2. The van der Waals surface area contributed by atoms with Gasteiger partial charge < -0.3 is 9.47 Å². The van der Waals surface area contributed by atoms with E-state index in [2.05, 4.69) is 10.6 Å². The Balaban J connectivity index is 1.55. The average molecular weight is 496 g/mol. The first-order valence-electron chi connectivity index (χ1n) is 12.7. The lowest BCUT2D eigenvalue weighted by molar-refractivity contribution is -0.119. The van der Waals surface area contributed by atoms with Crippen molar-refractivity contribution < 1.29 is 14.0 Å². The number of carbonyl (C=O) groups excluding carboxylic acids is 2. The number of benzene rings is 3. The third kappa shape index (κ3) is 4.79. The van der Waals surface area contributed by atoms with E-state index in [0.717, 1.165) is 41.0 Å². The highest BCUT2D eigenvalue weighted by atomic mass is 19.1. The van der Waals surface area contributed by atoms with Crippen LogP contribution in [0.3, 0.4) is 0 Å². The lowest BCUT2D eigenvalue weighted by atomic mass is 9.96. The number of anilines is 1. The SMILES string of the molecule is CCCCN(CC(=O)N1c2ccccc2-n2cccc2C1c1cccc(C)c1)C(=O)c1ccc(F)cc1. The van der Waals surface area contributed by atoms with Crippen molar-refractivity contribution in [1.82, 2.24) is 9.47 Å². The summed E-state index contributed by atoms with van der Waals surface area (Å²) in [5, 5.41) is 0. The molecule has 5 nitrogen and oxygen atoms in total. The molecule has 4 aromatic rings. The van der Waals surface area contributed by atoms with Gasteiger partial charge in [0.25, 0.3) is 5.91 Å². The van der Waals surface area contributed by atoms with Gasteiger partial charge in [-0.05, 0) is 67.4 Å². The van der Waals surface area contributed by atoms with Gasteiger partial charge in [0, 0.05) is 18.3 Å². The van der Waals surface area contributed by atoms with Gasteiger partial charge in [0.15, 0.2) is 0 Å². The number of amides is 2. The van der Waals surface area contributed by atoms with Crippen LogP contribution >= 0.6 is 0 Å². The molecule has 6 heteroatoms. The zero-order chi connectivity index (χ0) is 25.9. The molecule has 188 valence electrons. The molecule has 1 aliphatic rings. The first kappa shape index (κ1) is 24.5. The highest BCUT2D eigenvalue weighted by Gasteiger charge is 2.37. The molecule has 5 rings (SSSR count). The minimum atomic E-state index is -0.401. The maximum atomic E-state index is 14.2. The highest BCUT2D eigenvalue weighted by Crippen LogP contribution is 2.42. The molecule has 2 amide bonds. The van der Waals surface area contributed by atoms with Gasteiger partial charge >= 0.3 is 0 Å². The predicted molar refractivity (Wildman–Crippen MR) is 143 cm³/mol. The quantitative estimate of drug-likeness (QED) is 0.302. The predicted octanol–water partition coefficient (Wildman–Crippen LogP) is 6.30. The Morgan fingerprint density at radius 2 is 1.68 bits per heavy atom. The minimum absolute atomic E-state index is 0.0758. The molecule has 1 aromatic heterocycles. The second kappa shape index (κ2) is 10.4. The van der Waals surface area contributed by atoms with Crippen molar-refractivity contribution >= 4 is 17.5 Å². The molecular weight excluding hydrogens is 465 g/mol. The molecule has 0 aliphatic carbocycles. The number of fused-ring (bicyclic) bond motifs is 3. The normalized spacial score (nSPS) is 14.1. The second-order valence-electron chi connectivity index (χ2n) is 9.46. The zero-order valence-corrected chi connectivity index (χ0v) is 21.1. The van der Waals surface area contributed by atoms with Crippen LogP contribution in [0.4, 0.5) is 10.1 Å². The largest absolute Gasteiger partial charge is 0.329 e. The number of nitrogens with zero attached hydrogens (tertiary/aromatic N) is 3. The molecule has 0 spiro atoms. The van der Waals surface area contributed by atoms with Gasteiger partial charge in [-0.3, -0.25) is 14.5 Å². The number of unbranched alkanes of at least 4 members (excludes halogenated alkanes) is 1. The van der Waals surface area contributed by atoms with Crippen LogP contribution < -0.4 is 4.90 Å². The molecule has 0 fully saturated rings. The lowest BCUT2D eigenvalue weighted by Gasteiger charge is -2.39. The topological polar surface area (TPSA) is 45.6 Å². The van der Waals surface area contributed by atoms with E-state index in [0.29, 0.717) is 12.1 Å². The fourth-order valence-corrected chi connectivity index (χ4v) is 5.03. The molecule has 0 saturated carbocycles. The third-order valence-corrected chi connectivity index (χ3v) is 6.83. The fraction of sp³-hybridized carbons (Fsp3) is 0.226. The van der Waals surface area contributed by atoms with E-state index in [1.165, 1.54) is 24.3 Å². The molecule has 1 aliphatic heterocycles. The van der Waals surface area contributed by atoms with Gasteiger partial charge in [-0.1, -0.05) is 55.3 Å². The second-order valence-corrected chi connectivity index (χ2v) is 9.46. The van der Waals surface area contributed by atoms with Crippen LogP contribution in [0.25, 0.3) is 5.69 Å². The highest BCUT2D eigenvalue weighted by molar-refractivity contribution is 6.02. The van der Waals surface area contributed by atoms with Crippen LogP contribution in [0.1, 0.15) is 53.0 Å². The van der Waals surface area contributed by atoms with Gasteiger partial charge in [0.1, 0.15) is 18.4 Å². The van der Waals surface area contributed by atoms with E-state index in [1.54, 1.807) is 4.90 Å². The molecule has 0 radical (unpaired) electrons. The summed E-state index contributed by atoms with van der Waals surface area (Å²) in [5.74, 6) is -0.845. The summed E-state index contributed by atoms with van der Waals surface area (Å²) in [6.07, 6.45) is 3.67. The number of carbonyl (C=O) groups is 2. The molecular formula is C31H30FN3O2. The van der Waals surface area contributed by atoms with E-state index < -0.39 is 5.82 Å². The third-order valence-electron chi connectivity index (χ3n) is 6.83. The number of halogens is 1. The first-order valence-corrected chi connectivity index (χ1v) is 12.7. The first-order chi connectivity index (χ1) is 18.0. The van der Waals surface area contributed by atoms with Crippen molar-refractivity contribution in [2.45, 2.75) is 32.7 Å². The number of hydrogen-bond donors (Lipinski definition) is 0. The summed E-state index contributed by atoms with van der Waals surface area (Å²) in [6, 6.07) is 25.2. The molecule has 2 heterocycles. The Morgan fingerprint density at radius 3 is 2.41 bits per heavy atom. The van der Waals surface area contributed by atoms with Crippen LogP contribution in [0.5, 0.6) is 0 Å². The number of hydrogen-bond acceptors (Lipinski definition) is 2. The van der Waals surface area contributed by atoms with Gasteiger partial charge in [0.05, 0.1) is 17.1 Å². The van der Waals surface area contributed by atoms with E-state index >= 15 is 0 Å². The van der Waals surface area contributed by atoms with E-state index in [-0.39, 0.29) is 24.4 Å². The van der Waals surface area contributed by atoms with Crippen molar-refractivity contribution in [3.63, 3.8) is 0 Å². The molecule has 0 N–H and O–H groups in total. The molecule has 1 unspecified atom stereocenters. The van der Waals surface area contributed by atoms with E-state index in [9.17, 15) is 14.0 Å². The smallest absolute Gasteiger partial charge is 0.254 e. The van der Waals surface area contributed by atoms with Crippen molar-refractivity contribution in [3.8, 4) is 5.69 Å². The van der Waals surface area contributed by atoms with Crippen molar-refractivity contribution in [2.24, 2.45) is 0 Å². The minimum Gasteiger partial charge on any atom is -0.329 e. The number of rotatable bonds is 7. The molecule has 1 atom stereocenters. The average Bonchev–Trinajstić information content (AvgIpc) is 3.40. The van der Waals surface area contributed by atoms with E-state index in [4.69, 9.17) is 0 Å². The summed E-state index contributed by atoms with van der Waals surface area (Å²) in [4.78, 5) is 31.0. The van der Waals surface area contributed by atoms with Crippen molar-refractivity contribution in [2.75, 3.05) is 18.0 Å². The molecule has 3 aromatic carbocycles. The summed E-state index contributed by atoms with van der Waals surface area (Å²) in [7, 11) is 0. The van der Waals surface area contributed by atoms with Crippen LogP contribution in [0.15, 0.2) is 91.1 Å². The molecule has 0 bridgehead atoms. The maximum absolute atomic E-state index is 14.2. The van der Waals surface area contributed by atoms with Gasteiger partial charge in [-0.25, -0.2) is 4.39 Å². The molecule has 37 heavy (non-hydrogen) atoms. The number of aromatic nitrogens is 1. The Kier molecular flexibility index (Phi) is 6.91. The van der Waals surface area contributed by atoms with Crippen LogP contribution in [-0.2, 0) is 4.79 Å². The summed E-state index contributed by atoms with van der Waals surface area (Å²) in [5.41, 5.74) is 5.19. The summed E-state index contributed by atoms with van der Waals surface area (Å²) >= 11 is 0. The Labute approximate surface area is 216 Å². The van der Waals surface area contributed by atoms with Crippen LogP contribution in [0.2, 0.25) is 0 Å². The van der Waals surface area contributed by atoms with Crippen molar-refractivity contribution in [3.05, 3.63) is 119 Å². The Bertz CT molecular complexity index is 1430. The standard InChI is InChI=1S/C31H30FN3O2/c1-3-4-18-33(31(37)23-14-16-25(32)17-15-23)21-29(36)35-27-12-6-5-11-26(27)34-19-8-13-28(34)30(35)24-10-7-9-22(2)20-24/h5-17,19-20,30H,3-4,18,21H2,1-2H3. The summed E-state index contributed by atoms with van der Waals surface area (Å²) in [6.45, 7) is 4.46. The number of aryl methyl sites for hydroxylation is 1. The van der Waals surface area contributed by atoms with E-state index in [1.807, 2.05) is 79.5 Å². The van der Waals surface area contributed by atoms with Crippen LogP contribution in [-0.4, -0.2) is 34.4 Å². The zero-order valence-electron chi connectivity index (χ0n) is 21.1. The summed E-state index contributed by atoms with van der Waals surface area (Å²) < 4.78 is 15.6. The van der Waals surface area contributed by atoms with Crippen LogP contribution in [0, 0.1) is 12.7 Å². The Hall–Kier alpha value is -4.19. The van der Waals surface area contributed by atoms with Gasteiger partial charge in [-0.2, -0.15) is 0 Å². The van der Waals surface area contributed by atoms with Crippen molar-refractivity contribution in [1.29, 1.82) is 0 Å². The lowest BCUT2D eigenvalue weighted by Crippen LogP contribution is -2.47. The fourth-order valence-electron chi connectivity index (χ4n) is 5.03. The monoisotopic (exact) mass is 495 g/mol. The van der Waals surface area contributed by atoms with Gasteiger partial charge in [-0.15, -0.1) is 0 Å². The molecule has 0 saturated heterocycles. The van der Waals surface area contributed by atoms with Gasteiger partial charge in [0.2, 0.25) is 5.91 Å².